The molecule has 1 aliphatic rings. The molecule has 0 atom stereocenters. The maximum absolute atomic E-state index is 6.85. The van der Waals surface area contributed by atoms with Gasteiger partial charge >= 0.3 is 0 Å². The van der Waals surface area contributed by atoms with Crippen molar-refractivity contribution in [2.75, 3.05) is 4.90 Å². The van der Waals surface area contributed by atoms with Crippen LogP contribution in [0.4, 0.5) is 17.1 Å². The van der Waals surface area contributed by atoms with Gasteiger partial charge in [-0.2, -0.15) is 0 Å². The monoisotopic (exact) mass is 683 g/mol. The van der Waals surface area contributed by atoms with Crippen molar-refractivity contribution in [3.8, 4) is 22.3 Å². The van der Waals surface area contributed by atoms with E-state index in [0.717, 1.165) is 49.8 Å². The highest BCUT2D eigenvalue weighted by molar-refractivity contribution is 7.26. The predicted molar refractivity (Wildman–Crippen MR) is 222 cm³/mol. The minimum atomic E-state index is -0.112. The minimum absolute atomic E-state index is 0.112. The van der Waals surface area contributed by atoms with E-state index in [1.807, 2.05) is 11.3 Å². The summed E-state index contributed by atoms with van der Waals surface area (Å²) in [5, 5.41) is 7.12. The average Bonchev–Trinajstić information content (AvgIpc) is 3.84. The van der Waals surface area contributed by atoms with Crippen molar-refractivity contribution in [3.63, 3.8) is 0 Å². The summed E-state index contributed by atoms with van der Waals surface area (Å²) in [6.07, 6.45) is 0. The normalized spacial score (nSPS) is 13.3. The molecule has 0 unspecified atom stereocenters. The van der Waals surface area contributed by atoms with Crippen molar-refractivity contribution in [1.82, 2.24) is 0 Å². The largest absolute Gasteiger partial charge is 0.455 e. The summed E-state index contributed by atoms with van der Waals surface area (Å²) < 4.78 is 9.47. The molecule has 0 N–H and O–H groups in total. The van der Waals surface area contributed by atoms with E-state index < -0.39 is 0 Å². The second-order valence-corrected chi connectivity index (χ2v) is 15.5. The fourth-order valence-corrected chi connectivity index (χ4v) is 10.1. The number of furan rings is 1. The Morgan fingerprint density at radius 1 is 0.481 bits per heavy atom. The molecule has 8 aromatic carbocycles. The van der Waals surface area contributed by atoms with E-state index in [9.17, 15) is 0 Å². The molecular formula is C49H33NOS. The second-order valence-electron chi connectivity index (χ2n) is 14.5. The van der Waals surface area contributed by atoms with Crippen LogP contribution in [-0.4, -0.2) is 0 Å². The first-order valence-corrected chi connectivity index (χ1v) is 18.7. The van der Waals surface area contributed by atoms with Crippen molar-refractivity contribution in [2.45, 2.75) is 19.3 Å². The molecule has 1 aliphatic carbocycles. The molecule has 52 heavy (non-hydrogen) atoms. The second kappa shape index (κ2) is 10.9. The molecule has 3 heteroatoms. The van der Waals surface area contributed by atoms with E-state index in [2.05, 4.69) is 183 Å². The topological polar surface area (TPSA) is 16.4 Å². The Morgan fingerprint density at radius 3 is 2.04 bits per heavy atom. The fraction of sp³-hybridized carbons (Fsp3) is 0.0612. The van der Waals surface area contributed by atoms with Crippen LogP contribution in [0.1, 0.15) is 25.0 Å². The van der Waals surface area contributed by atoms with Crippen LogP contribution in [-0.2, 0) is 5.41 Å². The molecule has 0 amide bonds. The summed E-state index contributed by atoms with van der Waals surface area (Å²) in [5.41, 5.74) is 12.9. The van der Waals surface area contributed by atoms with Gasteiger partial charge in [0.05, 0.1) is 5.69 Å². The molecule has 2 nitrogen and oxygen atoms in total. The van der Waals surface area contributed by atoms with Gasteiger partial charge in [-0.1, -0.05) is 135 Å². The fourth-order valence-electron chi connectivity index (χ4n) is 8.83. The number of fused-ring (bicyclic) bond motifs is 11. The molecule has 0 saturated carbocycles. The van der Waals surface area contributed by atoms with Gasteiger partial charge in [0.1, 0.15) is 11.2 Å². The van der Waals surface area contributed by atoms with E-state index in [4.69, 9.17) is 4.42 Å². The van der Waals surface area contributed by atoms with Crippen LogP contribution in [0.5, 0.6) is 0 Å². The van der Waals surface area contributed by atoms with Gasteiger partial charge in [0.25, 0.3) is 0 Å². The summed E-state index contributed by atoms with van der Waals surface area (Å²) >= 11 is 1.87. The Kier molecular flexibility index (Phi) is 6.21. The van der Waals surface area contributed by atoms with Crippen molar-refractivity contribution < 1.29 is 4.42 Å². The number of nitrogens with zero attached hydrogens (tertiary/aromatic N) is 1. The maximum Gasteiger partial charge on any atom is 0.143 e. The van der Waals surface area contributed by atoms with Crippen molar-refractivity contribution in [2.24, 2.45) is 0 Å². The van der Waals surface area contributed by atoms with Crippen molar-refractivity contribution >= 4 is 81.3 Å². The lowest BCUT2D eigenvalue weighted by Gasteiger charge is -2.29. The highest BCUT2D eigenvalue weighted by Gasteiger charge is 2.36. The SMILES string of the molecule is CC1(C)c2ccccc2-c2ccc(N(c3ccccc3)c3cc4c(oc5cccc(-c6cccc7c6sc6ccccc67)c54)c4ccccc34)cc21. The Hall–Kier alpha value is -6.16. The van der Waals surface area contributed by atoms with Crippen LogP contribution in [0.3, 0.4) is 0 Å². The van der Waals surface area contributed by atoms with Gasteiger partial charge in [0.2, 0.25) is 0 Å². The summed E-state index contributed by atoms with van der Waals surface area (Å²) in [4.78, 5) is 2.44. The van der Waals surface area contributed by atoms with E-state index in [1.54, 1.807) is 0 Å². The first-order valence-electron chi connectivity index (χ1n) is 17.9. The Bertz CT molecular complexity index is 3060. The molecule has 11 rings (SSSR count). The number of hydrogen-bond acceptors (Lipinski definition) is 3. The van der Waals surface area contributed by atoms with Gasteiger partial charge < -0.3 is 9.32 Å². The van der Waals surface area contributed by atoms with E-state index >= 15 is 0 Å². The molecule has 0 radical (unpaired) electrons. The smallest absolute Gasteiger partial charge is 0.143 e. The summed E-state index contributed by atoms with van der Waals surface area (Å²) in [6, 6.07) is 59.8. The molecule has 10 aromatic rings. The first kappa shape index (κ1) is 29.6. The standard InChI is InChI=1S/C49H33NOS/c1-49(2)41-23-10-8-16-32(41)33-27-26-31(28-42(33)49)50(30-14-4-3-5-15-30)43-29-40-46-36(20-13-24-44(46)51-47(40)37-19-7-6-17-34(37)43)39-22-12-21-38-35-18-9-11-25-45(35)52-48(38)39/h3-29H,1-2H3. The lowest BCUT2D eigenvalue weighted by atomic mass is 9.82. The van der Waals surface area contributed by atoms with Crippen LogP contribution < -0.4 is 4.90 Å². The first-order chi connectivity index (χ1) is 25.6. The summed E-state index contributed by atoms with van der Waals surface area (Å²) in [5.74, 6) is 0. The summed E-state index contributed by atoms with van der Waals surface area (Å²) in [7, 11) is 0. The van der Waals surface area contributed by atoms with Crippen molar-refractivity contribution in [1.29, 1.82) is 0 Å². The molecule has 0 aliphatic heterocycles. The molecule has 0 fully saturated rings. The van der Waals surface area contributed by atoms with Gasteiger partial charge in [0.15, 0.2) is 0 Å². The number of benzene rings is 8. The van der Waals surface area contributed by atoms with Gasteiger partial charge in [0, 0.05) is 64.1 Å². The predicted octanol–water partition coefficient (Wildman–Crippen LogP) is 14.6. The van der Waals surface area contributed by atoms with E-state index in [0.29, 0.717) is 0 Å². The Morgan fingerprint density at radius 2 is 1.15 bits per heavy atom. The van der Waals surface area contributed by atoms with Crippen molar-refractivity contribution in [3.05, 3.63) is 175 Å². The zero-order chi connectivity index (χ0) is 34.6. The van der Waals surface area contributed by atoms with Crippen LogP contribution in [0.15, 0.2) is 168 Å². The quantitative estimate of drug-likeness (QED) is 0.184. The Balaban J connectivity index is 1.20. The van der Waals surface area contributed by atoms with Crippen LogP contribution in [0.25, 0.3) is 75.1 Å². The lowest BCUT2D eigenvalue weighted by Crippen LogP contribution is -2.16. The minimum Gasteiger partial charge on any atom is -0.455 e. The molecule has 246 valence electrons. The number of anilines is 3. The maximum atomic E-state index is 6.85. The van der Waals surface area contributed by atoms with Crippen LogP contribution in [0, 0.1) is 0 Å². The molecule has 0 spiro atoms. The zero-order valence-electron chi connectivity index (χ0n) is 28.9. The van der Waals surface area contributed by atoms with Crippen LogP contribution in [0.2, 0.25) is 0 Å². The zero-order valence-corrected chi connectivity index (χ0v) is 29.7. The molecule has 0 saturated heterocycles. The van der Waals surface area contributed by atoms with Gasteiger partial charge in [-0.3, -0.25) is 0 Å². The van der Waals surface area contributed by atoms with Gasteiger partial charge in [-0.25, -0.2) is 0 Å². The molecule has 2 aromatic heterocycles. The van der Waals surface area contributed by atoms with E-state index in [-0.39, 0.29) is 5.41 Å². The molecule has 2 heterocycles. The van der Waals surface area contributed by atoms with Gasteiger partial charge in [-0.15, -0.1) is 11.3 Å². The van der Waals surface area contributed by atoms with E-state index in [1.165, 1.54) is 53.6 Å². The van der Waals surface area contributed by atoms with Crippen LogP contribution >= 0.6 is 11.3 Å². The third-order valence-electron chi connectivity index (χ3n) is 11.3. The third-order valence-corrected chi connectivity index (χ3v) is 12.5. The number of rotatable bonds is 4. The average molecular weight is 684 g/mol. The number of para-hydroxylation sites is 1. The van der Waals surface area contributed by atoms with Gasteiger partial charge in [-0.05, 0) is 70.3 Å². The highest BCUT2D eigenvalue weighted by Crippen LogP contribution is 2.52. The summed E-state index contributed by atoms with van der Waals surface area (Å²) in [6.45, 7) is 4.71. The highest BCUT2D eigenvalue weighted by atomic mass is 32.1. The lowest BCUT2D eigenvalue weighted by molar-refractivity contribution is 0.660. The number of thiophene rings is 1. The molecule has 0 bridgehead atoms. The Labute approximate surface area is 305 Å². The number of hydrogen-bond donors (Lipinski definition) is 0. The third kappa shape index (κ3) is 4.11. The molecular weight excluding hydrogens is 651 g/mol.